The quantitative estimate of drug-likeness (QED) is 0.419. The maximum atomic E-state index is 13.1. The van der Waals surface area contributed by atoms with Gasteiger partial charge in [0.1, 0.15) is 5.57 Å². The molecule has 3 aromatic rings. The van der Waals surface area contributed by atoms with Crippen LogP contribution in [0.25, 0.3) is 11.8 Å². The van der Waals surface area contributed by atoms with E-state index in [4.69, 9.17) is 0 Å². The van der Waals surface area contributed by atoms with E-state index in [1.807, 2.05) is 69.3 Å². The predicted octanol–water partition coefficient (Wildman–Crippen LogP) is 4.83. The van der Waals surface area contributed by atoms with Crippen LogP contribution >= 0.6 is 15.9 Å². The number of hydrogen-bond donors (Lipinski definition) is 1. The van der Waals surface area contributed by atoms with Crippen molar-refractivity contribution in [2.24, 2.45) is 0 Å². The number of hydrogen-bond acceptors (Lipinski definition) is 3. The molecule has 1 saturated heterocycles. The highest BCUT2D eigenvalue weighted by Crippen LogP contribution is 2.27. The van der Waals surface area contributed by atoms with Crippen LogP contribution in [0.4, 0.5) is 4.79 Å². The van der Waals surface area contributed by atoms with Crippen LogP contribution < -0.4 is 5.32 Å². The minimum atomic E-state index is -0.711. The van der Waals surface area contributed by atoms with Crippen LogP contribution in [-0.4, -0.2) is 27.3 Å². The lowest BCUT2D eigenvalue weighted by Crippen LogP contribution is -2.53. The molecular formula is C25H22BrN3O3. The molecule has 0 spiro atoms. The number of carbonyl (C=O) groups is 3. The summed E-state index contributed by atoms with van der Waals surface area (Å²) in [7, 11) is 0. The molecule has 4 amide bonds. The molecule has 0 bridgehead atoms. The summed E-state index contributed by atoms with van der Waals surface area (Å²) in [6.07, 6.45) is 1.56. The monoisotopic (exact) mass is 491 g/mol. The lowest BCUT2D eigenvalue weighted by molar-refractivity contribution is -0.130. The van der Waals surface area contributed by atoms with Crippen molar-refractivity contribution in [2.75, 3.05) is 0 Å². The minimum absolute atomic E-state index is 0.0623. The first-order chi connectivity index (χ1) is 15.3. The molecule has 1 fully saturated rings. The zero-order valence-electron chi connectivity index (χ0n) is 18.0. The number of urea groups is 1. The minimum Gasteiger partial charge on any atom is -0.318 e. The highest BCUT2D eigenvalue weighted by Gasteiger charge is 2.35. The van der Waals surface area contributed by atoms with E-state index in [0.717, 1.165) is 43.1 Å². The molecule has 1 aliphatic heterocycles. The number of nitrogens with zero attached hydrogens (tertiary/aromatic N) is 2. The number of nitrogens with one attached hydrogen (secondary N) is 1. The molecule has 32 heavy (non-hydrogen) atoms. The second-order valence-corrected chi connectivity index (χ2v) is 8.64. The number of amides is 4. The van der Waals surface area contributed by atoms with Crippen LogP contribution in [0, 0.1) is 20.8 Å². The number of halogens is 1. The summed E-state index contributed by atoms with van der Waals surface area (Å²) in [6, 6.07) is 16.5. The first-order valence-corrected chi connectivity index (χ1v) is 10.9. The van der Waals surface area contributed by atoms with Crippen LogP contribution in [0.3, 0.4) is 0 Å². The summed E-state index contributed by atoms with van der Waals surface area (Å²) < 4.78 is 3.10. The zero-order chi connectivity index (χ0) is 23.0. The van der Waals surface area contributed by atoms with Crippen LogP contribution in [0.15, 0.2) is 64.6 Å². The van der Waals surface area contributed by atoms with Gasteiger partial charge in [-0.2, -0.15) is 0 Å². The van der Waals surface area contributed by atoms with E-state index in [-0.39, 0.29) is 12.1 Å². The topological polar surface area (TPSA) is 71.4 Å². The Kier molecular flexibility index (Phi) is 5.84. The number of benzene rings is 2. The summed E-state index contributed by atoms with van der Waals surface area (Å²) in [5, 5.41) is 2.28. The third-order valence-electron chi connectivity index (χ3n) is 5.54. The van der Waals surface area contributed by atoms with Gasteiger partial charge in [-0.05, 0) is 67.8 Å². The first kappa shape index (κ1) is 21.8. The van der Waals surface area contributed by atoms with Crippen molar-refractivity contribution in [3.05, 3.63) is 92.7 Å². The molecule has 0 radical (unpaired) electrons. The molecule has 162 valence electrons. The van der Waals surface area contributed by atoms with E-state index < -0.39 is 17.8 Å². The van der Waals surface area contributed by atoms with Gasteiger partial charge in [-0.25, -0.2) is 4.79 Å². The molecule has 2 aromatic carbocycles. The Morgan fingerprint density at radius 1 is 0.969 bits per heavy atom. The van der Waals surface area contributed by atoms with Crippen molar-refractivity contribution in [2.45, 2.75) is 27.3 Å². The Bertz CT molecular complexity index is 1280. The molecule has 6 nitrogen and oxygen atoms in total. The lowest BCUT2D eigenvalue weighted by atomic mass is 10.1. The van der Waals surface area contributed by atoms with E-state index in [2.05, 4.69) is 31.9 Å². The van der Waals surface area contributed by atoms with Gasteiger partial charge in [0, 0.05) is 21.5 Å². The highest BCUT2D eigenvalue weighted by molar-refractivity contribution is 9.10. The summed E-state index contributed by atoms with van der Waals surface area (Å²) in [5.74, 6) is -1.29. The van der Waals surface area contributed by atoms with Gasteiger partial charge in [0.05, 0.1) is 6.54 Å². The summed E-state index contributed by atoms with van der Waals surface area (Å²) in [6.45, 7) is 6.02. The molecule has 1 aliphatic rings. The van der Waals surface area contributed by atoms with Crippen molar-refractivity contribution < 1.29 is 14.4 Å². The Hall–Kier alpha value is -3.45. The Balaban J connectivity index is 1.71. The average Bonchev–Trinajstić information content (AvgIpc) is 3.04. The number of barbiturate groups is 1. The molecule has 0 saturated carbocycles. The number of aryl methyl sites for hydroxylation is 2. The SMILES string of the molecule is Cc1cc(-n2c(C)cc(/C=C3\C(=O)NC(=O)N(Cc4ccccc4)C3=O)c2C)ccc1Br. The second-order valence-electron chi connectivity index (χ2n) is 7.79. The molecule has 7 heteroatoms. The fourth-order valence-electron chi connectivity index (χ4n) is 3.86. The number of carbonyl (C=O) groups excluding carboxylic acids is 3. The van der Waals surface area contributed by atoms with E-state index >= 15 is 0 Å². The van der Waals surface area contributed by atoms with Crippen LogP contribution in [0.5, 0.6) is 0 Å². The molecule has 1 aromatic heterocycles. The largest absolute Gasteiger partial charge is 0.331 e. The van der Waals surface area contributed by atoms with Gasteiger partial charge in [0.2, 0.25) is 0 Å². The second kappa shape index (κ2) is 8.59. The van der Waals surface area contributed by atoms with E-state index in [0.29, 0.717) is 0 Å². The van der Waals surface area contributed by atoms with Crippen LogP contribution in [0.2, 0.25) is 0 Å². The normalized spacial score (nSPS) is 15.4. The van der Waals surface area contributed by atoms with Crippen molar-refractivity contribution in [1.29, 1.82) is 0 Å². The van der Waals surface area contributed by atoms with Crippen LogP contribution in [-0.2, 0) is 16.1 Å². The van der Waals surface area contributed by atoms with E-state index in [1.165, 1.54) is 0 Å². The van der Waals surface area contributed by atoms with Gasteiger partial charge in [0.15, 0.2) is 0 Å². The first-order valence-electron chi connectivity index (χ1n) is 10.1. The maximum absolute atomic E-state index is 13.1. The van der Waals surface area contributed by atoms with Gasteiger partial charge in [-0.1, -0.05) is 46.3 Å². The van der Waals surface area contributed by atoms with Crippen molar-refractivity contribution >= 4 is 39.9 Å². The van der Waals surface area contributed by atoms with Gasteiger partial charge in [0.25, 0.3) is 11.8 Å². The van der Waals surface area contributed by atoms with Gasteiger partial charge >= 0.3 is 6.03 Å². The highest BCUT2D eigenvalue weighted by atomic mass is 79.9. The fraction of sp³-hybridized carbons (Fsp3) is 0.160. The fourth-order valence-corrected chi connectivity index (χ4v) is 4.10. The van der Waals surface area contributed by atoms with E-state index in [1.54, 1.807) is 6.08 Å². The van der Waals surface area contributed by atoms with Gasteiger partial charge in [-0.15, -0.1) is 0 Å². The van der Waals surface area contributed by atoms with Crippen LogP contribution in [0.1, 0.15) is 28.1 Å². The third kappa shape index (κ3) is 4.03. The number of aromatic nitrogens is 1. The van der Waals surface area contributed by atoms with Crippen molar-refractivity contribution in [1.82, 2.24) is 14.8 Å². The Morgan fingerprint density at radius 2 is 1.69 bits per heavy atom. The number of imide groups is 2. The van der Waals surface area contributed by atoms with Gasteiger partial charge < -0.3 is 4.57 Å². The number of rotatable bonds is 4. The summed E-state index contributed by atoms with van der Waals surface area (Å²) >= 11 is 3.52. The van der Waals surface area contributed by atoms with Crippen molar-refractivity contribution in [3.8, 4) is 5.69 Å². The maximum Gasteiger partial charge on any atom is 0.331 e. The Labute approximate surface area is 194 Å². The van der Waals surface area contributed by atoms with Gasteiger partial charge in [-0.3, -0.25) is 19.8 Å². The zero-order valence-corrected chi connectivity index (χ0v) is 19.6. The summed E-state index contributed by atoms with van der Waals surface area (Å²) in [4.78, 5) is 39.0. The molecular weight excluding hydrogens is 470 g/mol. The predicted molar refractivity (Wildman–Crippen MR) is 126 cm³/mol. The molecule has 0 unspecified atom stereocenters. The van der Waals surface area contributed by atoms with E-state index in [9.17, 15) is 14.4 Å². The molecule has 1 N–H and O–H groups in total. The summed E-state index contributed by atoms with van der Waals surface area (Å²) in [5.41, 5.74) is 5.44. The van der Waals surface area contributed by atoms with Crippen molar-refractivity contribution in [3.63, 3.8) is 0 Å². The standard InChI is InChI=1S/C25H22BrN3O3/c1-15-11-20(9-10-22(15)26)29-16(2)12-19(17(29)3)13-21-23(30)27-25(32)28(24(21)31)14-18-7-5-4-6-8-18/h4-13H,14H2,1-3H3,(H,27,30,32)/b21-13+. The molecule has 4 rings (SSSR count). The Morgan fingerprint density at radius 3 is 2.38 bits per heavy atom. The molecule has 0 aliphatic carbocycles. The smallest absolute Gasteiger partial charge is 0.318 e. The third-order valence-corrected chi connectivity index (χ3v) is 6.43. The molecule has 2 heterocycles. The average molecular weight is 492 g/mol. The molecule has 0 atom stereocenters. The lowest BCUT2D eigenvalue weighted by Gasteiger charge is -2.26.